The zero-order valence-electron chi connectivity index (χ0n) is 8.33. The summed E-state index contributed by atoms with van der Waals surface area (Å²) < 4.78 is 0. The molecule has 0 fully saturated rings. The summed E-state index contributed by atoms with van der Waals surface area (Å²) in [4.78, 5) is 1.98. The molecule has 0 radical (unpaired) electrons. The maximum absolute atomic E-state index is 3.94. The van der Waals surface area contributed by atoms with E-state index in [-0.39, 0.29) is 0 Å². The molecule has 0 aliphatic heterocycles. The number of likely N-dealkylation sites (N-methyl/N-ethyl adjacent to an activating group) is 1. The standard InChI is InChI=1S/C13H13N/c1-4-5-9-12(2)14(3)13-10-7-6-8-11-13/h4-5,7,9-11H,1-2H2,3H3/b9-5-. The van der Waals surface area contributed by atoms with Crippen molar-refractivity contribution in [3.05, 3.63) is 72.5 Å². The number of hydrogen-bond acceptors (Lipinski definition) is 1. The van der Waals surface area contributed by atoms with Crippen LogP contribution >= 0.6 is 0 Å². The first-order valence-electron chi connectivity index (χ1n) is 4.35. The molecule has 0 bridgehead atoms. The minimum absolute atomic E-state index is 0.907. The molecule has 1 rings (SSSR count). The molecule has 70 valence electrons. The predicted octanol–water partition coefficient (Wildman–Crippen LogP) is 2.94. The summed E-state index contributed by atoms with van der Waals surface area (Å²) in [5, 5.41) is 0. The predicted molar refractivity (Wildman–Crippen MR) is 60.5 cm³/mol. The molecule has 0 aromatic carbocycles. The normalized spacial score (nSPS) is 13.1. The summed E-state index contributed by atoms with van der Waals surface area (Å²) in [7, 11) is 1.96. The molecule has 14 heavy (non-hydrogen) atoms. The Morgan fingerprint density at radius 1 is 1.50 bits per heavy atom. The highest BCUT2D eigenvalue weighted by molar-refractivity contribution is 5.31. The van der Waals surface area contributed by atoms with Crippen molar-refractivity contribution in [3.63, 3.8) is 0 Å². The van der Waals surface area contributed by atoms with Crippen molar-refractivity contribution < 1.29 is 0 Å². The Morgan fingerprint density at radius 2 is 2.29 bits per heavy atom. The van der Waals surface area contributed by atoms with Crippen molar-refractivity contribution in [2.24, 2.45) is 0 Å². The molecule has 0 spiro atoms. The van der Waals surface area contributed by atoms with Crippen molar-refractivity contribution in [2.45, 2.75) is 0 Å². The summed E-state index contributed by atoms with van der Waals surface area (Å²) in [5.74, 6) is 0. The van der Waals surface area contributed by atoms with Gasteiger partial charge in [0.05, 0.1) is 0 Å². The Bertz CT molecular complexity index is 395. The summed E-state index contributed by atoms with van der Waals surface area (Å²) in [5.41, 5.74) is 7.71. The van der Waals surface area contributed by atoms with Gasteiger partial charge in [-0.25, -0.2) is 0 Å². The third-order valence-electron chi connectivity index (χ3n) is 1.88. The van der Waals surface area contributed by atoms with Crippen molar-refractivity contribution >= 4 is 0 Å². The highest BCUT2D eigenvalue weighted by atomic mass is 15.1. The summed E-state index contributed by atoms with van der Waals surface area (Å²) in [6, 6.07) is 0. The van der Waals surface area contributed by atoms with Gasteiger partial charge in [-0.2, -0.15) is 0 Å². The SMILES string of the molecule is C=C/C=C\C(=C)N(C)C1=CC=C=C=C1. The van der Waals surface area contributed by atoms with Crippen LogP contribution in [0.15, 0.2) is 72.5 Å². The van der Waals surface area contributed by atoms with Gasteiger partial charge < -0.3 is 4.90 Å². The molecule has 0 unspecified atom stereocenters. The Balaban J connectivity index is 2.71. The van der Waals surface area contributed by atoms with E-state index < -0.39 is 0 Å². The molecule has 0 heterocycles. The second-order valence-corrected chi connectivity index (χ2v) is 2.84. The largest absolute Gasteiger partial charge is 0.345 e. The first-order chi connectivity index (χ1) is 6.75. The van der Waals surface area contributed by atoms with Crippen molar-refractivity contribution in [1.82, 2.24) is 4.90 Å². The van der Waals surface area contributed by atoms with E-state index >= 15 is 0 Å². The fraction of sp³-hybridized carbons (Fsp3) is 0.0769. The van der Waals surface area contributed by atoms with E-state index in [1.165, 1.54) is 0 Å². The molecule has 1 heteroatoms. The maximum atomic E-state index is 3.94. The van der Waals surface area contributed by atoms with E-state index in [1.54, 1.807) is 6.08 Å². The first kappa shape index (κ1) is 10.1. The van der Waals surface area contributed by atoms with Gasteiger partial charge in [0.25, 0.3) is 0 Å². The molecule has 1 aliphatic carbocycles. The van der Waals surface area contributed by atoms with Gasteiger partial charge in [0.2, 0.25) is 0 Å². The number of nitrogens with zero attached hydrogens (tertiary/aromatic N) is 1. The zero-order valence-corrected chi connectivity index (χ0v) is 8.33. The van der Waals surface area contributed by atoms with Gasteiger partial charge in [-0.15, -0.1) is 0 Å². The number of rotatable bonds is 4. The fourth-order valence-corrected chi connectivity index (χ4v) is 1.00. The molecular weight excluding hydrogens is 170 g/mol. The molecule has 0 N–H and O–H groups in total. The lowest BCUT2D eigenvalue weighted by atomic mass is 10.2. The van der Waals surface area contributed by atoms with Crippen molar-refractivity contribution in [3.8, 4) is 0 Å². The molecule has 0 saturated heterocycles. The Kier molecular flexibility index (Phi) is 3.58. The smallest absolute Gasteiger partial charge is 0.0499 e. The third kappa shape index (κ3) is 2.53. The van der Waals surface area contributed by atoms with Gasteiger partial charge in [-0.3, -0.25) is 0 Å². The molecule has 0 saturated carbocycles. The lowest BCUT2D eigenvalue weighted by Crippen LogP contribution is -2.13. The van der Waals surface area contributed by atoms with Gasteiger partial charge in [0.1, 0.15) is 0 Å². The van der Waals surface area contributed by atoms with Gasteiger partial charge in [0, 0.05) is 24.5 Å². The second kappa shape index (κ2) is 4.94. The molecule has 0 aromatic heterocycles. The topological polar surface area (TPSA) is 3.24 Å². The third-order valence-corrected chi connectivity index (χ3v) is 1.88. The average molecular weight is 183 g/mol. The van der Waals surface area contributed by atoms with Crippen LogP contribution < -0.4 is 0 Å². The van der Waals surface area contributed by atoms with Crippen LogP contribution in [0.25, 0.3) is 0 Å². The van der Waals surface area contributed by atoms with Gasteiger partial charge in [-0.05, 0) is 18.2 Å². The van der Waals surface area contributed by atoms with Crippen LogP contribution in [-0.2, 0) is 0 Å². The Hall–Kier alpha value is -1.94. The van der Waals surface area contributed by atoms with E-state index in [1.807, 2.05) is 42.3 Å². The Morgan fingerprint density at radius 3 is 2.86 bits per heavy atom. The van der Waals surface area contributed by atoms with E-state index in [4.69, 9.17) is 0 Å². The number of hydrogen-bond donors (Lipinski definition) is 0. The molecule has 1 aliphatic rings. The van der Waals surface area contributed by atoms with E-state index in [0.717, 1.165) is 11.4 Å². The quantitative estimate of drug-likeness (QED) is 0.478. The van der Waals surface area contributed by atoms with Gasteiger partial charge >= 0.3 is 0 Å². The van der Waals surface area contributed by atoms with Crippen LogP contribution in [0.2, 0.25) is 0 Å². The Labute approximate surface area is 85.0 Å². The minimum Gasteiger partial charge on any atom is -0.345 e. The highest BCUT2D eigenvalue weighted by Gasteiger charge is 2.02. The highest BCUT2D eigenvalue weighted by Crippen LogP contribution is 2.12. The van der Waals surface area contributed by atoms with Crippen molar-refractivity contribution in [1.29, 1.82) is 0 Å². The van der Waals surface area contributed by atoms with Crippen LogP contribution in [0.5, 0.6) is 0 Å². The van der Waals surface area contributed by atoms with Crippen LogP contribution in [0.3, 0.4) is 0 Å². The molecule has 0 aromatic rings. The summed E-state index contributed by atoms with van der Waals surface area (Å²) in [6.45, 7) is 7.54. The summed E-state index contributed by atoms with van der Waals surface area (Å²) in [6.07, 6.45) is 11.2. The number of allylic oxidation sites excluding steroid dienone is 6. The van der Waals surface area contributed by atoms with Gasteiger partial charge in [-0.1, -0.05) is 36.8 Å². The lowest BCUT2D eigenvalue weighted by molar-refractivity contribution is 0.556. The van der Waals surface area contributed by atoms with E-state index in [0.29, 0.717) is 0 Å². The summed E-state index contributed by atoms with van der Waals surface area (Å²) >= 11 is 0. The van der Waals surface area contributed by atoms with Crippen molar-refractivity contribution in [2.75, 3.05) is 7.05 Å². The lowest BCUT2D eigenvalue weighted by Gasteiger charge is -2.20. The zero-order chi connectivity index (χ0) is 10.4. The van der Waals surface area contributed by atoms with Crippen LogP contribution in [0.1, 0.15) is 0 Å². The van der Waals surface area contributed by atoms with Crippen LogP contribution in [-0.4, -0.2) is 11.9 Å². The van der Waals surface area contributed by atoms with Crippen LogP contribution in [0, 0.1) is 0 Å². The molecule has 1 nitrogen and oxygen atoms in total. The van der Waals surface area contributed by atoms with E-state index in [2.05, 4.69) is 24.6 Å². The molecular formula is C13H13N. The monoisotopic (exact) mass is 183 g/mol. The average Bonchev–Trinajstić information content (AvgIpc) is 2.26. The molecule has 0 atom stereocenters. The molecule has 0 amide bonds. The maximum Gasteiger partial charge on any atom is 0.0499 e. The first-order valence-corrected chi connectivity index (χ1v) is 4.35. The second-order valence-electron chi connectivity index (χ2n) is 2.84. The fourth-order valence-electron chi connectivity index (χ4n) is 1.00. The van der Waals surface area contributed by atoms with Crippen LogP contribution in [0.4, 0.5) is 0 Å². The van der Waals surface area contributed by atoms with E-state index in [9.17, 15) is 0 Å². The minimum atomic E-state index is 0.907. The van der Waals surface area contributed by atoms with Gasteiger partial charge in [0.15, 0.2) is 0 Å².